The molecule has 0 radical (unpaired) electrons. The molecule has 3 rings (SSSR count). The molecule has 1 unspecified atom stereocenters. The summed E-state index contributed by atoms with van der Waals surface area (Å²) in [5.41, 5.74) is 7.53. The first kappa shape index (κ1) is 16.7. The topological polar surface area (TPSA) is 48.5 Å². The largest absolute Gasteiger partial charge is 0.388 e. The Kier molecular flexibility index (Phi) is 4.71. The number of rotatable bonds is 3. The first-order valence-electron chi connectivity index (χ1n) is 8.13. The Morgan fingerprint density at radius 1 is 1.12 bits per heavy atom. The van der Waals surface area contributed by atoms with E-state index in [2.05, 4.69) is 71.5 Å². The van der Waals surface area contributed by atoms with Crippen molar-refractivity contribution >= 4 is 29.3 Å². The third-order valence-corrected chi connectivity index (χ3v) is 5.47. The van der Waals surface area contributed by atoms with Gasteiger partial charge in [-0.15, -0.1) is 0 Å². The van der Waals surface area contributed by atoms with Crippen LogP contribution in [0.15, 0.2) is 40.2 Å². The smallest absolute Gasteiger partial charge is 0.206 e. The highest BCUT2D eigenvalue weighted by Gasteiger charge is 2.23. The van der Waals surface area contributed by atoms with E-state index in [0.29, 0.717) is 0 Å². The van der Waals surface area contributed by atoms with Gasteiger partial charge in [0.1, 0.15) is 0 Å². The van der Waals surface area contributed by atoms with Crippen LogP contribution in [-0.2, 0) is 0 Å². The van der Waals surface area contributed by atoms with E-state index in [1.165, 1.54) is 38.5 Å². The first-order valence-corrected chi connectivity index (χ1v) is 8.95. The highest BCUT2D eigenvalue weighted by Crippen LogP contribution is 2.40. The summed E-state index contributed by atoms with van der Waals surface area (Å²) in [5, 5.41) is 6.74. The standard InChI is InChI=1S/C19H24N4S/c1-11-6-8-14(10-15(11)20-4)13(3)17-12(2)7-9-16-18(17)22-19(21-5)23-24-16/h6-10,13,20H,1-5H3,(H2,21,22,23). The number of nitrogens with one attached hydrogen (secondary N) is 3. The van der Waals surface area contributed by atoms with Gasteiger partial charge in [0, 0.05) is 25.7 Å². The highest BCUT2D eigenvalue weighted by atomic mass is 32.2. The van der Waals surface area contributed by atoms with Crippen molar-refractivity contribution in [2.45, 2.75) is 31.6 Å². The molecule has 0 aromatic heterocycles. The average molecular weight is 340 g/mol. The minimum absolute atomic E-state index is 0.289. The number of guanidine groups is 1. The van der Waals surface area contributed by atoms with E-state index < -0.39 is 0 Å². The molecule has 0 saturated heterocycles. The van der Waals surface area contributed by atoms with E-state index in [4.69, 9.17) is 0 Å². The van der Waals surface area contributed by atoms with E-state index in [0.717, 1.165) is 5.96 Å². The fraction of sp³-hybridized carbons (Fsp3) is 0.316. The van der Waals surface area contributed by atoms with Crippen LogP contribution in [0.1, 0.15) is 35.1 Å². The summed E-state index contributed by atoms with van der Waals surface area (Å²) in [5.74, 6) is 1.09. The van der Waals surface area contributed by atoms with Crippen LogP contribution >= 0.6 is 11.9 Å². The molecule has 1 atom stereocenters. The molecule has 126 valence electrons. The second-order valence-corrected chi connectivity index (χ2v) is 6.96. The molecule has 1 heterocycles. The lowest BCUT2D eigenvalue weighted by molar-refractivity contribution is 0.906. The molecule has 0 fully saturated rings. The molecule has 2 aromatic carbocycles. The number of fused-ring (bicyclic) bond motifs is 1. The van der Waals surface area contributed by atoms with Crippen molar-refractivity contribution < 1.29 is 0 Å². The summed E-state index contributed by atoms with van der Waals surface area (Å²) in [7, 11) is 3.76. The van der Waals surface area contributed by atoms with Gasteiger partial charge >= 0.3 is 0 Å². The van der Waals surface area contributed by atoms with Crippen LogP contribution in [0.2, 0.25) is 0 Å². The van der Waals surface area contributed by atoms with Gasteiger partial charge in [-0.2, -0.15) is 0 Å². The van der Waals surface area contributed by atoms with Gasteiger partial charge in [0.15, 0.2) is 0 Å². The van der Waals surface area contributed by atoms with Crippen molar-refractivity contribution in [3.63, 3.8) is 0 Å². The summed E-state index contributed by atoms with van der Waals surface area (Å²) >= 11 is 1.61. The lowest BCUT2D eigenvalue weighted by Gasteiger charge is -2.27. The maximum atomic E-state index is 4.25. The van der Waals surface area contributed by atoms with Gasteiger partial charge in [0.05, 0.1) is 10.6 Å². The maximum absolute atomic E-state index is 4.25. The Morgan fingerprint density at radius 2 is 1.88 bits per heavy atom. The minimum atomic E-state index is 0.289. The molecular formula is C19H24N4S. The van der Waals surface area contributed by atoms with E-state index in [1.807, 2.05) is 7.05 Å². The Balaban J connectivity index is 2.09. The number of anilines is 2. The summed E-state index contributed by atoms with van der Waals surface area (Å²) in [4.78, 5) is 5.46. The minimum Gasteiger partial charge on any atom is -0.388 e. The Labute approximate surface area is 148 Å². The summed E-state index contributed by atoms with van der Waals surface area (Å²) in [6.45, 7) is 6.57. The van der Waals surface area contributed by atoms with E-state index in [9.17, 15) is 0 Å². The van der Waals surface area contributed by atoms with Crippen LogP contribution in [-0.4, -0.2) is 20.1 Å². The van der Waals surface area contributed by atoms with Gasteiger partial charge in [-0.25, -0.2) is 0 Å². The van der Waals surface area contributed by atoms with Crippen molar-refractivity contribution in [3.05, 3.63) is 52.6 Å². The Morgan fingerprint density at radius 3 is 2.58 bits per heavy atom. The van der Waals surface area contributed by atoms with Crippen molar-refractivity contribution in [2.24, 2.45) is 4.99 Å². The number of aryl methyl sites for hydroxylation is 2. The number of hydrogen-bond donors (Lipinski definition) is 3. The zero-order valence-electron chi connectivity index (χ0n) is 14.8. The number of hydrogen-bond acceptors (Lipinski definition) is 3. The van der Waals surface area contributed by atoms with E-state index in [-0.39, 0.29) is 5.92 Å². The number of aliphatic imine (C=N–C) groups is 1. The van der Waals surface area contributed by atoms with Crippen molar-refractivity contribution in [1.82, 2.24) is 4.72 Å². The van der Waals surface area contributed by atoms with Crippen LogP contribution in [0, 0.1) is 13.8 Å². The van der Waals surface area contributed by atoms with Gasteiger partial charge in [-0.1, -0.05) is 25.1 Å². The second kappa shape index (κ2) is 6.77. The normalized spacial score (nSPS) is 16.1. The number of nitrogens with zero attached hydrogens (tertiary/aromatic N) is 1. The third-order valence-electron chi connectivity index (χ3n) is 4.61. The van der Waals surface area contributed by atoms with Crippen LogP contribution < -0.4 is 15.4 Å². The molecule has 0 aliphatic carbocycles. The van der Waals surface area contributed by atoms with E-state index in [1.54, 1.807) is 19.0 Å². The molecule has 2 aromatic rings. The zero-order valence-corrected chi connectivity index (χ0v) is 15.6. The van der Waals surface area contributed by atoms with Crippen molar-refractivity contribution in [1.29, 1.82) is 0 Å². The quantitative estimate of drug-likeness (QED) is 0.720. The van der Waals surface area contributed by atoms with Crippen molar-refractivity contribution in [2.75, 3.05) is 24.7 Å². The molecule has 0 bridgehead atoms. The van der Waals surface area contributed by atoms with Gasteiger partial charge in [0.2, 0.25) is 5.96 Å². The van der Waals surface area contributed by atoms with Crippen molar-refractivity contribution in [3.8, 4) is 0 Å². The van der Waals surface area contributed by atoms with Crippen LogP contribution in [0.3, 0.4) is 0 Å². The van der Waals surface area contributed by atoms with Crippen LogP contribution in [0.5, 0.6) is 0 Å². The van der Waals surface area contributed by atoms with Gasteiger partial charge < -0.3 is 10.6 Å². The number of benzene rings is 2. The molecule has 3 N–H and O–H groups in total. The van der Waals surface area contributed by atoms with Crippen LogP contribution in [0.25, 0.3) is 0 Å². The predicted octanol–water partition coefficient (Wildman–Crippen LogP) is 4.50. The summed E-state index contributed by atoms with van der Waals surface area (Å²) < 4.78 is 3.22. The fourth-order valence-corrected chi connectivity index (χ4v) is 3.92. The predicted molar refractivity (Wildman–Crippen MR) is 105 cm³/mol. The summed E-state index contributed by atoms with van der Waals surface area (Å²) in [6.07, 6.45) is 0. The second-order valence-electron chi connectivity index (χ2n) is 6.12. The maximum Gasteiger partial charge on any atom is 0.206 e. The molecule has 24 heavy (non-hydrogen) atoms. The molecular weight excluding hydrogens is 316 g/mol. The van der Waals surface area contributed by atoms with E-state index >= 15 is 0 Å². The molecule has 1 aliphatic heterocycles. The lowest BCUT2D eigenvalue weighted by Crippen LogP contribution is -2.30. The van der Waals surface area contributed by atoms with Crippen LogP contribution in [0.4, 0.5) is 11.4 Å². The molecule has 0 amide bonds. The first-order chi connectivity index (χ1) is 11.5. The SMILES string of the molecule is CN=C1NSc2ccc(C)c(C(C)c3ccc(C)c(NC)c3)c2N1. The van der Waals surface area contributed by atoms with Gasteiger partial charge in [-0.05, 0) is 60.2 Å². The molecule has 1 aliphatic rings. The molecule has 4 nitrogen and oxygen atoms in total. The third kappa shape index (κ3) is 2.96. The monoisotopic (exact) mass is 340 g/mol. The molecule has 5 heteroatoms. The van der Waals surface area contributed by atoms with Gasteiger partial charge in [0.25, 0.3) is 0 Å². The highest BCUT2D eigenvalue weighted by molar-refractivity contribution is 7.98. The van der Waals surface area contributed by atoms with Gasteiger partial charge in [-0.3, -0.25) is 9.71 Å². The lowest BCUT2D eigenvalue weighted by atomic mass is 9.88. The average Bonchev–Trinajstić information content (AvgIpc) is 2.61. The fourth-order valence-electron chi connectivity index (χ4n) is 3.17. The summed E-state index contributed by atoms with van der Waals surface area (Å²) in [6, 6.07) is 11.0. The molecule has 0 spiro atoms. The Hall–Kier alpha value is -2.14. The Bertz CT molecular complexity index is 798. The zero-order chi connectivity index (χ0) is 17.3. The molecule has 0 saturated carbocycles.